The first kappa shape index (κ1) is 36.9. The molecule has 0 N–H and O–H groups in total. The molecule has 0 spiro atoms. The van der Waals surface area contributed by atoms with Gasteiger partial charge in [0.05, 0.1) is 0 Å². The largest absolute Gasteiger partial charge is 0.264 e. The molecule has 0 fully saturated rings. The number of hydrogen-bond acceptors (Lipinski definition) is 1. The van der Waals surface area contributed by atoms with Gasteiger partial charge in [0.2, 0.25) is 0 Å². The molecule has 1 aromatic heterocycles. The molecule has 0 bridgehead atoms. The van der Waals surface area contributed by atoms with E-state index >= 15 is 0 Å². The molecule has 1 heterocycles. The fourth-order valence-corrected chi connectivity index (χ4v) is 9.10. The summed E-state index contributed by atoms with van der Waals surface area (Å²) in [6, 6.07) is 86.4. The second-order valence-corrected chi connectivity index (χ2v) is 15.9. The minimum atomic E-state index is 1.11. The zero-order chi connectivity index (χ0) is 41.2. The van der Waals surface area contributed by atoms with Gasteiger partial charge in [-0.15, -0.1) is 0 Å². The van der Waals surface area contributed by atoms with E-state index in [0.717, 1.165) is 11.1 Å². The summed E-state index contributed by atoms with van der Waals surface area (Å²) in [7, 11) is 0. The molecule has 0 atom stereocenters. The summed E-state index contributed by atoms with van der Waals surface area (Å²) in [5.74, 6) is 0. The van der Waals surface area contributed by atoms with Crippen LogP contribution in [0.1, 0.15) is 0 Å². The predicted molar refractivity (Wildman–Crippen MR) is 263 cm³/mol. The van der Waals surface area contributed by atoms with Crippen molar-refractivity contribution < 1.29 is 0 Å². The van der Waals surface area contributed by atoms with Gasteiger partial charge in [0.25, 0.3) is 0 Å². The van der Waals surface area contributed by atoms with Crippen LogP contribution in [0.3, 0.4) is 0 Å². The molecule has 290 valence electrons. The van der Waals surface area contributed by atoms with Crippen LogP contribution >= 0.6 is 0 Å². The first-order chi connectivity index (χ1) is 30.7. The van der Waals surface area contributed by atoms with E-state index in [1.54, 1.807) is 0 Å². The van der Waals surface area contributed by atoms with E-state index in [9.17, 15) is 0 Å². The van der Waals surface area contributed by atoms with Gasteiger partial charge in [-0.2, -0.15) is 0 Å². The summed E-state index contributed by atoms with van der Waals surface area (Å²) in [4.78, 5) is 4.37. The topological polar surface area (TPSA) is 12.9 Å². The van der Waals surface area contributed by atoms with Gasteiger partial charge in [-0.25, -0.2) is 0 Å². The number of fused-ring (bicyclic) bond motifs is 2. The summed E-state index contributed by atoms with van der Waals surface area (Å²) >= 11 is 0. The van der Waals surface area contributed by atoms with Crippen LogP contribution in [0.2, 0.25) is 0 Å². The van der Waals surface area contributed by atoms with Crippen LogP contribution in [0.5, 0.6) is 0 Å². The minimum absolute atomic E-state index is 1.11. The molecule has 0 saturated carbocycles. The Balaban J connectivity index is 1.22. The Morgan fingerprint density at radius 2 is 0.516 bits per heavy atom. The van der Waals surface area contributed by atoms with Crippen LogP contribution in [0.4, 0.5) is 0 Å². The third-order valence-corrected chi connectivity index (χ3v) is 12.1. The second kappa shape index (κ2) is 16.1. The maximum Gasteiger partial charge on any atom is 0.0346 e. The Labute approximate surface area is 362 Å². The van der Waals surface area contributed by atoms with Crippen LogP contribution in [0.25, 0.3) is 111 Å². The van der Waals surface area contributed by atoms with E-state index in [0.29, 0.717) is 0 Å². The van der Waals surface area contributed by atoms with Gasteiger partial charge in [0.1, 0.15) is 0 Å². The van der Waals surface area contributed by atoms with E-state index in [1.807, 2.05) is 18.5 Å². The van der Waals surface area contributed by atoms with E-state index in [4.69, 9.17) is 0 Å². The number of aromatic nitrogens is 1. The summed E-state index contributed by atoms with van der Waals surface area (Å²) in [5.41, 5.74) is 19.0. The molecular formula is C61H41N. The highest BCUT2D eigenvalue weighted by Gasteiger charge is 2.20. The first-order valence-electron chi connectivity index (χ1n) is 21.3. The van der Waals surface area contributed by atoms with Crippen LogP contribution in [0, 0.1) is 0 Å². The Morgan fingerprint density at radius 3 is 0.935 bits per heavy atom. The molecule has 0 unspecified atom stereocenters. The van der Waals surface area contributed by atoms with Gasteiger partial charge in [0.15, 0.2) is 0 Å². The summed E-state index contributed by atoms with van der Waals surface area (Å²) in [6.45, 7) is 0. The van der Waals surface area contributed by atoms with Crippen molar-refractivity contribution in [1.82, 2.24) is 4.98 Å². The standard InChI is InChI=1S/C61H41N/c1-5-16-42(17-6-1)50-34-51(43-18-7-2-8-19-43)37-54(36-50)60-56-25-13-14-26-57(56)61(55-38-52(44-20-9-3-10-21-44)35-53(39-55)45-22-11-4-12-23-45)59-40-48(31-32-58(59)60)46-27-29-47(30-28-46)49-24-15-33-62-41-49/h1-41H. The number of pyridine rings is 1. The first-order valence-corrected chi connectivity index (χ1v) is 21.3. The van der Waals surface area contributed by atoms with Gasteiger partial charge in [-0.05, 0) is 159 Å². The van der Waals surface area contributed by atoms with Crippen molar-refractivity contribution in [3.8, 4) is 89.0 Å². The van der Waals surface area contributed by atoms with Crippen LogP contribution in [-0.2, 0) is 0 Å². The molecule has 11 aromatic rings. The molecule has 0 saturated heterocycles. The molecular weight excluding hydrogens is 747 g/mol. The maximum absolute atomic E-state index is 4.37. The average Bonchev–Trinajstić information content (AvgIpc) is 3.36. The fourth-order valence-electron chi connectivity index (χ4n) is 9.10. The quantitative estimate of drug-likeness (QED) is 0.140. The number of hydrogen-bond donors (Lipinski definition) is 0. The zero-order valence-corrected chi connectivity index (χ0v) is 34.1. The van der Waals surface area contributed by atoms with Crippen LogP contribution in [-0.4, -0.2) is 4.98 Å². The Morgan fingerprint density at radius 1 is 0.194 bits per heavy atom. The molecule has 0 aliphatic heterocycles. The van der Waals surface area contributed by atoms with E-state index < -0.39 is 0 Å². The normalized spacial score (nSPS) is 11.2. The van der Waals surface area contributed by atoms with Gasteiger partial charge >= 0.3 is 0 Å². The maximum atomic E-state index is 4.37. The number of nitrogens with zero attached hydrogens (tertiary/aromatic N) is 1. The van der Waals surface area contributed by atoms with Crippen molar-refractivity contribution in [2.24, 2.45) is 0 Å². The van der Waals surface area contributed by atoms with Gasteiger partial charge in [0, 0.05) is 12.4 Å². The van der Waals surface area contributed by atoms with Crippen molar-refractivity contribution in [3.05, 3.63) is 249 Å². The summed E-state index contributed by atoms with van der Waals surface area (Å²) in [5, 5.41) is 4.86. The molecule has 1 nitrogen and oxygen atoms in total. The van der Waals surface area contributed by atoms with Gasteiger partial charge in [-0.3, -0.25) is 4.98 Å². The lowest BCUT2D eigenvalue weighted by atomic mass is 9.82. The summed E-state index contributed by atoms with van der Waals surface area (Å²) < 4.78 is 0. The molecule has 0 aliphatic rings. The van der Waals surface area contributed by atoms with Gasteiger partial charge in [-0.1, -0.05) is 188 Å². The highest BCUT2D eigenvalue weighted by molar-refractivity contribution is 6.22. The highest BCUT2D eigenvalue weighted by atomic mass is 14.6. The predicted octanol–water partition coefficient (Wildman–Crippen LogP) is 16.7. The molecule has 0 aliphatic carbocycles. The van der Waals surface area contributed by atoms with Crippen molar-refractivity contribution in [3.63, 3.8) is 0 Å². The lowest BCUT2D eigenvalue weighted by Crippen LogP contribution is -1.94. The van der Waals surface area contributed by atoms with E-state index in [1.165, 1.54) is 99.4 Å². The smallest absolute Gasteiger partial charge is 0.0346 e. The molecule has 1 heteroatoms. The van der Waals surface area contributed by atoms with Crippen molar-refractivity contribution in [2.45, 2.75) is 0 Å². The monoisotopic (exact) mass is 787 g/mol. The third-order valence-electron chi connectivity index (χ3n) is 12.1. The SMILES string of the molecule is c1ccc(-c2cc(-c3ccccc3)cc(-c3c4ccccc4c(-c4cc(-c5ccccc5)cc(-c5ccccc5)c4)c4cc(-c5ccc(-c6cccnc6)cc5)ccc34)c2)cc1. The Hall–Kier alpha value is -8.13. The lowest BCUT2D eigenvalue weighted by Gasteiger charge is -2.21. The Kier molecular flexibility index (Phi) is 9.61. The minimum Gasteiger partial charge on any atom is -0.264 e. The highest BCUT2D eigenvalue weighted by Crippen LogP contribution is 2.47. The van der Waals surface area contributed by atoms with E-state index in [-0.39, 0.29) is 0 Å². The third kappa shape index (κ3) is 7.06. The summed E-state index contributed by atoms with van der Waals surface area (Å²) in [6.07, 6.45) is 3.74. The molecule has 0 amide bonds. The lowest BCUT2D eigenvalue weighted by molar-refractivity contribution is 1.33. The molecule has 11 rings (SSSR count). The fraction of sp³-hybridized carbons (Fsp3) is 0. The van der Waals surface area contributed by atoms with Crippen molar-refractivity contribution >= 4 is 21.5 Å². The van der Waals surface area contributed by atoms with Crippen LogP contribution < -0.4 is 0 Å². The zero-order valence-electron chi connectivity index (χ0n) is 34.1. The Bertz CT molecular complexity index is 3220. The van der Waals surface area contributed by atoms with Crippen molar-refractivity contribution in [1.29, 1.82) is 0 Å². The molecule has 62 heavy (non-hydrogen) atoms. The molecule has 10 aromatic carbocycles. The van der Waals surface area contributed by atoms with Gasteiger partial charge < -0.3 is 0 Å². The van der Waals surface area contributed by atoms with E-state index in [2.05, 4.69) is 236 Å². The van der Waals surface area contributed by atoms with Crippen LogP contribution in [0.15, 0.2) is 249 Å². The van der Waals surface area contributed by atoms with Crippen molar-refractivity contribution in [2.75, 3.05) is 0 Å². The average molecular weight is 788 g/mol. The number of rotatable bonds is 8. The molecule has 0 radical (unpaired) electrons. The number of benzene rings is 10. The second-order valence-electron chi connectivity index (χ2n) is 15.9.